The first-order chi connectivity index (χ1) is 16.0. The Hall–Kier alpha value is -3.67. The number of nitrogens with one attached hydrogen (secondary N) is 1. The monoisotopic (exact) mass is 500 g/mol. The number of halogens is 5. The summed E-state index contributed by atoms with van der Waals surface area (Å²) in [6.07, 6.45) is 0. The van der Waals surface area contributed by atoms with Crippen molar-refractivity contribution in [1.82, 2.24) is 0 Å². The van der Waals surface area contributed by atoms with Crippen LogP contribution in [0.15, 0.2) is 53.4 Å². The average molecular weight is 500 g/mol. The van der Waals surface area contributed by atoms with Gasteiger partial charge in [-0.1, -0.05) is 29.8 Å². The lowest BCUT2D eigenvalue weighted by molar-refractivity contribution is -0.114. The third-order valence-corrected chi connectivity index (χ3v) is 6.50. The molecule has 0 spiro atoms. The van der Waals surface area contributed by atoms with E-state index in [4.69, 9.17) is 4.74 Å². The summed E-state index contributed by atoms with van der Waals surface area (Å²) in [6.45, 7) is 0.655. The first-order valence-corrected chi connectivity index (χ1v) is 11.0. The predicted molar refractivity (Wildman–Crippen MR) is 114 cm³/mol. The van der Waals surface area contributed by atoms with E-state index < -0.39 is 57.2 Å². The lowest BCUT2D eigenvalue weighted by atomic mass is 10.2. The number of sulfonamides is 1. The van der Waals surface area contributed by atoms with Gasteiger partial charge >= 0.3 is 0 Å². The van der Waals surface area contributed by atoms with Crippen molar-refractivity contribution < 1.29 is 39.9 Å². The van der Waals surface area contributed by atoms with Crippen LogP contribution in [0, 0.1) is 36.0 Å². The highest BCUT2D eigenvalue weighted by atomic mass is 32.2. The summed E-state index contributed by atoms with van der Waals surface area (Å²) in [7, 11) is -3.18. The van der Waals surface area contributed by atoms with Crippen molar-refractivity contribution in [3.05, 3.63) is 83.2 Å². The van der Waals surface area contributed by atoms with E-state index in [9.17, 15) is 35.2 Å². The Bertz CT molecular complexity index is 1320. The van der Waals surface area contributed by atoms with Gasteiger partial charge in [0.05, 0.1) is 17.7 Å². The second-order valence-corrected chi connectivity index (χ2v) is 8.85. The van der Waals surface area contributed by atoms with Gasteiger partial charge in [-0.3, -0.25) is 9.10 Å². The van der Waals surface area contributed by atoms with Gasteiger partial charge in [-0.05, 0) is 31.2 Å². The number of hydrogen-bond acceptors (Lipinski definition) is 4. The van der Waals surface area contributed by atoms with E-state index in [0.29, 0.717) is 4.31 Å². The molecule has 0 aliphatic carbocycles. The Morgan fingerprint density at radius 2 is 1.41 bits per heavy atom. The minimum absolute atomic E-state index is 0.0437. The SMILES string of the molecule is COc1ccccc1N(CC(=O)Nc1c(F)c(F)c(F)c(F)c1F)S(=O)(=O)c1ccc(C)cc1. The zero-order valence-electron chi connectivity index (χ0n) is 17.7. The molecule has 34 heavy (non-hydrogen) atoms. The van der Waals surface area contributed by atoms with Crippen LogP contribution in [0.3, 0.4) is 0 Å². The fraction of sp³-hybridized carbons (Fsp3) is 0.136. The minimum Gasteiger partial charge on any atom is -0.495 e. The number of methoxy groups -OCH3 is 1. The van der Waals surface area contributed by atoms with Gasteiger partial charge in [-0.15, -0.1) is 0 Å². The number of amides is 1. The molecule has 0 atom stereocenters. The molecule has 0 aromatic heterocycles. The molecular formula is C22H17F5N2O4S. The molecule has 1 amide bonds. The number of para-hydroxylation sites is 2. The lowest BCUT2D eigenvalue weighted by Crippen LogP contribution is -2.38. The molecule has 0 aliphatic rings. The Morgan fingerprint density at radius 1 is 0.882 bits per heavy atom. The molecule has 0 bridgehead atoms. The molecule has 3 aromatic rings. The Balaban J connectivity index is 2.05. The fourth-order valence-corrected chi connectivity index (χ4v) is 4.43. The van der Waals surface area contributed by atoms with Crippen molar-refractivity contribution >= 4 is 27.3 Å². The van der Waals surface area contributed by atoms with E-state index in [1.807, 2.05) is 0 Å². The van der Waals surface area contributed by atoms with E-state index in [1.54, 1.807) is 12.2 Å². The highest BCUT2D eigenvalue weighted by molar-refractivity contribution is 7.92. The second kappa shape index (κ2) is 9.67. The van der Waals surface area contributed by atoms with Gasteiger partial charge < -0.3 is 10.1 Å². The normalized spacial score (nSPS) is 11.3. The topological polar surface area (TPSA) is 75.7 Å². The predicted octanol–water partition coefficient (Wildman–Crippen LogP) is 4.53. The molecule has 0 saturated heterocycles. The standard InChI is InChI=1S/C22H17F5N2O4S/c1-12-7-9-13(10-8-12)34(31,32)29(14-5-3-4-6-15(14)33-2)11-16(30)28-22-20(26)18(24)17(23)19(25)21(22)27/h3-10H,11H2,1-2H3,(H,28,30). The van der Waals surface area contributed by atoms with Gasteiger partial charge in [0.1, 0.15) is 18.0 Å². The molecule has 6 nitrogen and oxygen atoms in total. The summed E-state index contributed by atoms with van der Waals surface area (Å²) >= 11 is 0. The van der Waals surface area contributed by atoms with Crippen molar-refractivity contribution in [2.75, 3.05) is 23.3 Å². The van der Waals surface area contributed by atoms with E-state index in [0.717, 1.165) is 5.56 Å². The maximum atomic E-state index is 14.0. The molecule has 12 heteroatoms. The van der Waals surface area contributed by atoms with E-state index in [-0.39, 0.29) is 16.3 Å². The second-order valence-electron chi connectivity index (χ2n) is 6.99. The largest absolute Gasteiger partial charge is 0.495 e. The highest BCUT2D eigenvalue weighted by Crippen LogP contribution is 2.33. The molecule has 0 unspecified atom stereocenters. The van der Waals surface area contributed by atoms with Crippen molar-refractivity contribution in [3.63, 3.8) is 0 Å². The maximum absolute atomic E-state index is 14.0. The fourth-order valence-electron chi connectivity index (χ4n) is 3.00. The maximum Gasteiger partial charge on any atom is 0.264 e. The average Bonchev–Trinajstić information content (AvgIpc) is 2.83. The number of hydrogen-bond donors (Lipinski definition) is 1. The van der Waals surface area contributed by atoms with Crippen LogP contribution in [-0.4, -0.2) is 28.0 Å². The van der Waals surface area contributed by atoms with Crippen molar-refractivity contribution in [3.8, 4) is 5.75 Å². The molecule has 1 N–H and O–H groups in total. The number of carbonyl (C=O) groups is 1. The first-order valence-electron chi connectivity index (χ1n) is 9.52. The van der Waals surface area contributed by atoms with Crippen LogP contribution in [-0.2, 0) is 14.8 Å². The minimum atomic E-state index is -4.44. The van der Waals surface area contributed by atoms with Crippen LogP contribution in [0.25, 0.3) is 0 Å². The number of ether oxygens (including phenoxy) is 1. The molecule has 3 rings (SSSR count). The third kappa shape index (κ3) is 4.67. The Morgan fingerprint density at radius 3 is 1.97 bits per heavy atom. The molecular weight excluding hydrogens is 483 g/mol. The summed E-state index contributed by atoms with van der Waals surface area (Å²) in [6, 6.07) is 11.3. The van der Waals surface area contributed by atoms with Gasteiger partial charge in [0.15, 0.2) is 23.3 Å². The summed E-state index contributed by atoms with van der Waals surface area (Å²) < 4.78 is 101. The number of rotatable bonds is 7. The Kier molecular flexibility index (Phi) is 7.10. The third-order valence-electron chi connectivity index (χ3n) is 4.72. The number of benzene rings is 3. The summed E-state index contributed by atoms with van der Waals surface area (Å²) in [5.74, 6) is -12.8. The van der Waals surface area contributed by atoms with Crippen LogP contribution in [0.5, 0.6) is 5.75 Å². The summed E-state index contributed by atoms with van der Waals surface area (Å²) in [5, 5.41) is 1.58. The number of carbonyl (C=O) groups excluding carboxylic acids is 1. The molecule has 0 aliphatic heterocycles. The molecule has 0 radical (unpaired) electrons. The van der Waals surface area contributed by atoms with Crippen LogP contribution >= 0.6 is 0 Å². The van der Waals surface area contributed by atoms with E-state index >= 15 is 0 Å². The molecule has 0 saturated carbocycles. The van der Waals surface area contributed by atoms with Crippen molar-refractivity contribution in [1.29, 1.82) is 0 Å². The van der Waals surface area contributed by atoms with E-state index in [2.05, 4.69) is 0 Å². The highest BCUT2D eigenvalue weighted by Gasteiger charge is 2.31. The quantitative estimate of drug-likeness (QED) is 0.294. The van der Waals surface area contributed by atoms with Crippen LogP contribution in [0.1, 0.15) is 5.56 Å². The van der Waals surface area contributed by atoms with E-state index in [1.165, 1.54) is 55.6 Å². The van der Waals surface area contributed by atoms with Gasteiger partial charge in [0.2, 0.25) is 11.7 Å². The lowest BCUT2D eigenvalue weighted by Gasteiger charge is -2.25. The van der Waals surface area contributed by atoms with Crippen molar-refractivity contribution in [2.45, 2.75) is 11.8 Å². The molecule has 180 valence electrons. The smallest absolute Gasteiger partial charge is 0.264 e. The van der Waals surface area contributed by atoms with Crippen LogP contribution in [0.4, 0.5) is 33.3 Å². The number of nitrogens with zero attached hydrogens (tertiary/aromatic N) is 1. The molecule has 0 fully saturated rings. The zero-order valence-corrected chi connectivity index (χ0v) is 18.5. The summed E-state index contributed by atoms with van der Waals surface area (Å²) in [5.41, 5.74) is -0.945. The zero-order chi connectivity index (χ0) is 25.2. The van der Waals surface area contributed by atoms with Gasteiger partial charge in [-0.25, -0.2) is 30.4 Å². The van der Waals surface area contributed by atoms with Gasteiger partial charge in [0.25, 0.3) is 10.0 Å². The van der Waals surface area contributed by atoms with Crippen LogP contribution in [0.2, 0.25) is 0 Å². The number of anilines is 2. The number of aryl methyl sites for hydroxylation is 1. The first kappa shape index (κ1) is 25.0. The van der Waals surface area contributed by atoms with Crippen LogP contribution < -0.4 is 14.4 Å². The molecule has 3 aromatic carbocycles. The summed E-state index contributed by atoms with van der Waals surface area (Å²) in [4.78, 5) is 12.4. The van der Waals surface area contributed by atoms with Gasteiger partial charge in [0, 0.05) is 0 Å². The molecule has 0 heterocycles. The van der Waals surface area contributed by atoms with Crippen molar-refractivity contribution in [2.24, 2.45) is 0 Å². The Labute approximate surface area is 191 Å². The van der Waals surface area contributed by atoms with Gasteiger partial charge in [-0.2, -0.15) is 0 Å².